The van der Waals surface area contributed by atoms with Crippen molar-refractivity contribution in [1.82, 2.24) is 14.7 Å². The zero-order valence-corrected chi connectivity index (χ0v) is 12.4. The van der Waals surface area contributed by atoms with Crippen LogP contribution in [0.25, 0.3) is 4.96 Å². The molecule has 0 radical (unpaired) electrons. The molecule has 5 heteroatoms. The fourth-order valence-electron chi connectivity index (χ4n) is 3.02. The van der Waals surface area contributed by atoms with E-state index in [1.54, 1.807) is 18.4 Å². The molecule has 1 aliphatic carbocycles. The molecule has 1 saturated carbocycles. The summed E-state index contributed by atoms with van der Waals surface area (Å²) >= 11 is 1.64. The second-order valence-electron chi connectivity index (χ2n) is 5.34. The Bertz CT molecular complexity index is 542. The summed E-state index contributed by atoms with van der Waals surface area (Å²) in [6, 6.07) is 0.566. The number of hydrogen-bond donors (Lipinski definition) is 1. The van der Waals surface area contributed by atoms with Crippen molar-refractivity contribution < 1.29 is 4.74 Å². The van der Waals surface area contributed by atoms with Crippen molar-refractivity contribution in [1.29, 1.82) is 0 Å². The Kier molecular flexibility index (Phi) is 3.75. The summed E-state index contributed by atoms with van der Waals surface area (Å²) < 4.78 is 7.50. The third-order valence-corrected chi connectivity index (χ3v) is 4.97. The molecule has 0 amide bonds. The molecule has 3 rings (SSSR count). The first-order valence-electron chi connectivity index (χ1n) is 7.01. The molecule has 0 aliphatic heterocycles. The van der Waals surface area contributed by atoms with Gasteiger partial charge in [-0.05, 0) is 25.7 Å². The Hall–Kier alpha value is -1.07. The maximum Gasteiger partial charge on any atom is 0.237 e. The van der Waals surface area contributed by atoms with Gasteiger partial charge in [-0.25, -0.2) is 0 Å². The highest BCUT2D eigenvalue weighted by Gasteiger charge is 2.22. The molecule has 1 atom stereocenters. The highest BCUT2D eigenvalue weighted by atomic mass is 32.1. The lowest BCUT2D eigenvalue weighted by Crippen LogP contribution is -2.32. The molecule has 0 aromatic carbocycles. The molecule has 0 spiro atoms. The molecule has 0 bridgehead atoms. The van der Waals surface area contributed by atoms with Crippen LogP contribution in [0.15, 0.2) is 11.6 Å². The van der Waals surface area contributed by atoms with Crippen LogP contribution in [0.5, 0.6) is 5.88 Å². The number of ether oxygens (including phenoxy) is 1. The van der Waals surface area contributed by atoms with Gasteiger partial charge in [0.2, 0.25) is 5.88 Å². The first-order chi connectivity index (χ1) is 9.29. The van der Waals surface area contributed by atoms with Gasteiger partial charge in [-0.3, -0.25) is 4.40 Å². The monoisotopic (exact) mass is 279 g/mol. The summed E-state index contributed by atoms with van der Waals surface area (Å²) in [6.07, 6.45) is 7.58. The van der Waals surface area contributed by atoms with Crippen molar-refractivity contribution in [2.24, 2.45) is 5.92 Å². The average molecular weight is 279 g/mol. The van der Waals surface area contributed by atoms with Gasteiger partial charge in [0, 0.05) is 24.2 Å². The standard InChI is InChI=1S/C14H21N3OS/c1-10(11-5-3-4-6-11)15-9-12-13(18-2)16-14-17(12)7-8-19-14/h7-8,10-11,15H,3-6,9H2,1-2H3. The maximum atomic E-state index is 5.38. The Labute approximate surface area is 117 Å². The fraction of sp³-hybridized carbons (Fsp3) is 0.643. The Morgan fingerprint density at radius 1 is 1.53 bits per heavy atom. The van der Waals surface area contributed by atoms with Crippen LogP contribution < -0.4 is 10.1 Å². The van der Waals surface area contributed by atoms with Crippen LogP contribution in [0, 0.1) is 5.92 Å². The van der Waals surface area contributed by atoms with Gasteiger partial charge in [0.05, 0.1) is 7.11 Å². The number of thiazole rings is 1. The van der Waals surface area contributed by atoms with Gasteiger partial charge in [-0.15, -0.1) is 11.3 Å². The highest BCUT2D eigenvalue weighted by Crippen LogP contribution is 2.28. The van der Waals surface area contributed by atoms with Crippen molar-refractivity contribution in [2.45, 2.75) is 45.2 Å². The topological polar surface area (TPSA) is 38.6 Å². The number of rotatable bonds is 5. The van der Waals surface area contributed by atoms with Crippen LogP contribution in [0.1, 0.15) is 38.3 Å². The van der Waals surface area contributed by atoms with Gasteiger partial charge < -0.3 is 10.1 Å². The molecule has 2 aromatic rings. The van der Waals surface area contributed by atoms with Crippen LogP contribution in [0.4, 0.5) is 0 Å². The lowest BCUT2D eigenvalue weighted by molar-refractivity contribution is 0.365. The van der Waals surface area contributed by atoms with Crippen molar-refractivity contribution in [3.8, 4) is 5.88 Å². The van der Waals surface area contributed by atoms with Crippen LogP contribution in [0.2, 0.25) is 0 Å². The molecule has 4 nitrogen and oxygen atoms in total. The minimum atomic E-state index is 0.566. The fourth-order valence-corrected chi connectivity index (χ4v) is 3.74. The molecule has 19 heavy (non-hydrogen) atoms. The zero-order chi connectivity index (χ0) is 13.2. The maximum absolute atomic E-state index is 5.38. The first-order valence-corrected chi connectivity index (χ1v) is 7.89. The largest absolute Gasteiger partial charge is 0.480 e. The summed E-state index contributed by atoms with van der Waals surface area (Å²) in [5, 5.41) is 5.71. The molecule has 0 saturated heterocycles. The van der Waals surface area contributed by atoms with E-state index in [0.29, 0.717) is 6.04 Å². The van der Waals surface area contributed by atoms with E-state index in [9.17, 15) is 0 Å². The predicted octanol–water partition coefficient (Wildman–Crippen LogP) is 3.07. The van der Waals surface area contributed by atoms with Crippen molar-refractivity contribution in [3.05, 3.63) is 17.3 Å². The van der Waals surface area contributed by atoms with Gasteiger partial charge in [-0.2, -0.15) is 4.98 Å². The first kappa shape index (κ1) is 12.9. The SMILES string of the molecule is COc1nc2sccn2c1CNC(C)C1CCCC1. The van der Waals surface area contributed by atoms with Crippen LogP contribution >= 0.6 is 11.3 Å². The Balaban J connectivity index is 1.71. The van der Waals surface area contributed by atoms with Crippen molar-refractivity contribution in [3.63, 3.8) is 0 Å². The molecule has 104 valence electrons. The zero-order valence-electron chi connectivity index (χ0n) is 11.6. The van der Waals surface area contributed by atoms with Gasteiger partial charge in [-0.1, -0.05) is 12.8 Å². The van der Waals surface area contributed by atoms with Crippen LogP contribution in [0.3, 0.4) is 0 Å². The second kappa shape index (κ2) is 5.51. The Morgan fingerprint density at radius 2 is 2.32 bits per heavy atom. The summed E-state index contributed by atoms with van der Waals surface area (Å²) in [4.78, 5) is 5.49. The summed E-state index contributed by atoms with van der Waals surface area (Å²) in [6.45, 7) is 3.12. The number of methoxy groups -OCH3 is 1. The van der Waals surface area contributed by atoms with E-state index in [2.05, 4.69) is 33.2 Å². The van der Waals surface area contributed by atoms with Crippen LogP contribution in [-0.4, -0.2) is 22.5 Å². The molecule has 1 aliphatic rings. The number of nitrogens with zero attached hydrogens (tertiary/aromatic N) is 2. The van der Waals surface area contributed by atoms with Gasteiger partial charge in [0.15, 0.2) is 4.96 Å². The third kappa shape index (κ3) is 2.49. The van der Waals surface area contributed by atoms with E-state index in [1.807, 2.05) is 0 Å². The number of imidazole rings is 1. The molecule has 2 heterocycles. The van der Waals surface area contributed by atoms with E-state index in [4.69, 9.17) is 4.74 Å². The van der Waals surface area contributed by atoms with Gasteiger partial charge >= 0.3 is 0 Å². The highest BCUT2D eigenvalue weighted by molar-refractivity contribution is 7.15. The lowest BCUT2D eigenvalue weighted by Gasteiger charge is -2.20. The van der Waals surface area contributed by atoms with E-state index in [1.165, 1.54) is 25.7 Å². The summed E-state index contributed by atoms with van der Waals surface area (Å²) in [5.74, 6) is 1.58. The molecular weight excluding hydrogens is 258 g/mol. The number of aromatic nitrogens is 2. The van der Waals surface area contributed by atoms with E-state index in [0.717, 1.165) is 29.0 Å². The van der Waals surface area contributed by atoms with Gasteiger partial charge in [0.1, 0.15) is 5.69 Å². The van der Waals surface area contributed by atoms with Crippen molar-refractivity contribution in [2.75, 3.05) is 7.11 Å². The second-order valence-corrected chi connectivity index (χ2v) is 6.21. The number of nitrogens with one attached hydrogen (secondary N) is 1. The lowest BCUT2D eigenvalue weighted by atomic mass is 10.00. The minimum Gasteiger partial charge on any atom is -0.480 e. The molecule has 1 N–H and O–H groups in total. The van der Waals surface area contributed by atoms with Gasteiger partial charge in [0.25, 0.3) is 0 Å². The smallest absolute Gasteiger partial charge is 0.237 e. The average Bonchev–Trinajstić information content (AvgIpc) is 3.12. The summed E-state index contributed by atoms with van der Waals surface area (Å²) in [5.41, 5.74) is 1.13. The summed E-state index contributed by atoms with van der Waals surface area (Å²) in [7, 11) is 1.69. The Morgan fingerprint density at radius 3 is 3.05 bits per heavy atom. The quantitative estimate of drug-likeness (QED) is 0.914. The molecule has 2 aromatic heterocycles. The molecule has 1 unspecified atom stereocenters. The normalized spacial score (nSPS) is 18.2. The predicted molar refractivity (Wildman–Crippen MR) is 77.9 cm³/mol. The van der Waals surface area contributed by atoms with E-state index < -0.39 is 0 Å². The van der Waals surface area contributed by atoms with Crippen LogP contribution in [-0.2, 0) is 6.54 Å². The molecular formula is C14H21N3OS. The number of hydrogen-bond acceptors (Lipinski definition) is 4. The van der Waals surface area contributed by atoms with Crippen molar-refractivity contribution >= 4 is 16.3 Å². The van der Waals surface area contributed by atoms with E-state index in [-0.39, 0.29) is 0 Å². The minimum absolute atomic E-state index is 0.566. The third-order valence-electron chi connectivity index (χ3n) is 4.22. The van der Waals surface area contributed by atoms with E-state index >= 15 is 0 Å². The molecule has 1 fully saturated rings. The number of fused-ring (bicyclic) bond motifs is 1.